The molecule has 4 rings (SSSR count). The van der Waals surface area contributed by atoms with Crippen LogP contribution in [0.25, 0.3) is 11.5 Å². The van der Waals surface area contributed by atoms with E-state index in [-0.39, 0.29) is 24.5 Å². The third-order valence-electron chi connectivity index (χ3n) is 5.26. The molecule has 1 N–H and O–H groups in total. The number of aliphatic hydroxyl groups excluding tert-OH is 1. The van der Waals surface area contributed by atoms with Crippen LogP contribution in [0.15, 0.2) is 28.8 Å². The number of benzene rings is 1. The van der Waals surface area contributed by atoms with Gasteiger partial charge in [-0.25, -0.2) is 0 Å². The molecular formula is C19H23N3O3. The number of nitrogens with zero attached hydrogens (tertiary/aromatic N) is 3. The Morgan fingerprint density at radius 2 is 2.00 bits per heavy atom. The smallest absolute Gasteiger partial charge is 0.257 e. The van der Waals surface area contributed by atoms with Gasteiger partial charge in [0.05, 0.1) is 0 Å². The number of hydrogen-bond donors (Lipinski definition) is 1. The van der Waals surface area contributed by atoms with Crippen LogP contribution in [0.2, 0.25) is 0 Å². The number of likely N-dealkylation sites (tertiary alicyclic amines) is 1. The van der Waals surface area contributed by atoms with Gasteiger partial charge in [0.15, 0.2) is 5.82 Å². The summed E-state index contributed by atoms with van der Waals surface area (Å²) < 4.78 is 5.33. The fraction of sp³-hybridized carbons (Fsp3) is 0.526. The number of carbonyl (C=O) groups excluding carboxylic acids is 1. The molecule has 1 saturated heterocycles. The van der Waals surface area contributed by atoms with Crippen LogP contribution < -0.4 is 0 Å². The number of piperidine rings is 1. The first kappa shape index (κ1) is 16.3. The Kier molecular flexibility index (Phi) is 4.29. The molecule has 2 fully saturated rings. The van der Waals surface area contributed by atoms with E-state index in [0.717, 1.165) is 37.1 Å². The summed E-state index contributed by atoms with van der Waals surface area (Å²) in [4.78, 5) is 19.1. The third-order valence-corrected chi connectivity index (χ3v) is 5.26. The molecule has 6 heteroatoms. The van der Waals surface area contributed by atoms with Crippen molar-refractivity contribution < 1.29 is 14.4 Å². The zero-order valence-electron chi connectivity index (χ0n) is 14.4. The highest BCUT2D eigenvalue weighted by Gasteiger charge is 2.30. The van der Waals surface area contributed by atoms with Crippen molar-refractivity contribution in [2.45, 2.75) is 44.6 Å². The van der Waals surface area contributed by atoms with Gasteiger partial charge in [-0.3, -0.25) is 4.79 Å². The van der Waals surface area contributed by atoms with Crippen LogP contribution in [0.1, 0.15) is 54.7 Å². The normalized spacial score (nSPS) is 23.7. The van der Waals surface area contributed by atoms with Crippen molar-refractivity contribution in [2.24, 2.45) is 5.92 Å². The zero-order chi connectivity index (χ0) is 17.4. The van der Waals surface area contributed by atoms with Gasteiger partial charge in [0.1, 0.15) is 0 Å². The maximum absolute atomic E-state index is 12.8. The molecule has 2 unspecified atom stereocenters. The molecule has 25 heavy (non-hydrogen) atoms. The number of rotatable bonds is 4. The fourth-order valence-corrected chi connectivity index (χ4v) is 3.39. The zero-order valence-corrected chi connectivity index (χ0v) is 14.4. The molecular weight excluding hydrogens is 318 g/mol. The number of hydrogen-bond acceptors (Lipinski definition) is 5. The van der Waals surface area contributed by atoms with Crippen molar-refractivity contribution in [3.63, 3.8) is 0 Å². The summed E-state index contributed by atoms with van der Waals surface area (Å²) in [6, 6.07) is 7.54. The van der Waals surface area contributed by atoms with E-state index in [2.05, 4.69) is 17.1 Å². The molecule has 132 valence electrons. The van der Waals surface area contributed by atoms with Crippen molar-refractivity contribution in [1.29, 1.82) is 0 Å². The largest absolute Gasteiger partial charge is 0.396 e. The fourth-order valence-electron chi connectivity index (χ4n) is 3.39. The van der Waals surface area contributed by atoms with Crippen molar-refractivity contribution in [3.8, 4) is 11.5 Å². The van der Waals surface area contributed by atoms with Gasteiger partial charge in [0, 0.05) is 36.2 Å². The Bertz CT molecular complexity index is 752. The van der Waals surface area contributed by atoms with Crippen LogP contribution >= 0.6 is 0 Å². The summed E-state index contributed by atoms with van der Waals surface area (Å²) in [5.41, 5.74) is 1.48. The second kappa shape index (κ2) is 6.59. The molecule has 2 heterocycles. The Morgan fingerprint density at radius 1 is 1.24 bits per heavy atom. The van der Waals surface area contributed by atoms with Gasteiger partial charge in [-0.2, -0.15) is 4.98 Å². The highest BCUT2D eigenvalue weighted by Crippen LogP contribution is 2.38. The Hall–Kier alpha value is -2.21. The van der Waals surface area contributed by atoms with Crippen molar-refractivity contribution in [1.82, 2.24) is 15.0 Å². The molecule has 1 saturated carbocycles. The Morgan fingerprint density at radius 3 is 2.68 bits per heavy atom. The number of aliphatic hydroxyl groups is 1. The molecule has 1 aromatic carbocycles. The summed E-state index contributed by atoms with van der Waals surface area (Å²) in [5.74, 6) is 1.94. The van der Waals surface area contributed by atoms with Gasteiger partial charge in [0.2, 0.25) is 0 Å². The van der Waals surface area contributed by atoms with Gasteiger partial charge < -0.3 is 14.5 Å². The standard InChI is InChI=1S/C19H23N3O3/c1-12-2-3-13(11-23)10-22(12)19(24)16-8-6-15(7-9-16)18-20-17(21-25-18)14-4-5-14/h6-9,12-14,23H,2-5,10-11H2,1H3. The first-order chi connectivity index (χ1) is 12.2. The molecule has 1 amide bonds. The van der Waals surface area contributed by atoms with Crippen LogP contribution in [0.3, 0.4) is 0 Å². The van der Waals surface area contributed by atoms with Crippen LogP contribution in [0.5, 0.6) is 0 Å². The lowest BCUT2D eigenvalue weighted by atomic mass is 9.93. The van der Waals surface area contributed by atoms with E-state index in [9.17, 15) is 9.90 Å². The summed E-state index contributed by atoms with van der Waals surface area (Å²) in [6.07, 6.45) is 4.17. The van der Waals surface area contributed by atoms with Gasteiger partial charge in [-0.05, 0) is 62.8 Å². The van der Waals surface area contributed by atoms with E-state index in [1.165, 1.54) is 0 Å². The summed E-state index contributed by atoms with van der Waals surface area (Å²) >= 11 is 0. The number of amides is 1. The molecule has 0 radical (unpaired) electrons. The number of carbonyl (C=O) groups is 1. The van der Waals surface area contributed by atoms with Crippen LogP contribution in [-0.2, 0) is 0 Å². The van der Waals surface area contributed by atoms with Crippen LogP contribution in [0.4, 0.5) is 0 Å². The molecule has 0 bridgehead atoms. The summed E-state index contributed by atoms with van der Waals surface area (Å²) in [7, 11) is 0. The molecule has 1 aliphatic heterocycles. The minimum absolute atomic E-state index is 0.0152. The average Bonchev–Trinajstić information content (AvgIpc) is 3.39. The van der Waals surface area contributed by atoms with Gasteiger partial charge in [-0.1, -0.05) is 5.16 Å². The van der Waals surface area contributed by atoms with Crippen LogP contribution in [0, 0.1) is 5.92 Å². The van der Waals surface area contributed by atoms with Crippen molar-refractivity contribution in [2.75, 3.05) is 13.2 Å². The summed E-state index contributed by atoms with van der Waals surface area (Å²) in [6.45, 7) is 2.82. The minimum atomic E-state index is 0.0152. The lowest BCUT2D eigenvalue weighted by molar-refractivity contribution is 0.0489. The van der Waals surface area contributed by atoms with E-state index in [1.807, 2.05) is 29.2 Å². The monoisotopic (exact) mass is 341 g/mol. The molecule has 2 aromatic rings. The lowest BCUT2D eigenvalue weighted by Gasteiger charge is -2.37. The van der Waals surface area contributed by atoms with E-state index in [4.69, 9.17) is 4.52 Å². The van der Waals surface area contributed by atoms with Crippen LogP contribution in [-0.4, -0.2) is 45.2 Å². The lowest BCUT2D eigenvalue weighted by Crippen LogP contribution is -2.46. The van der Waals surface area contributed by atoms with Gasteiger partial charge in [0.25, 0.3) is 11.8 Å². The number of aromatic nitrogens is 2. The third kappa shape index (κ3) is 3.31. The Labute approximate surface area is 146 Å². The molecule has 6 nitrogen and oxygen atoms in total. The first-order valence-corrected chi connectivity index (χ1v) is 9.01. The van der Waals surface area contributed by atoms with E-state index >= 15 is 0 Å². The summed E-state index contributed by atoms with van der Waals surface area (Å²) in [5, 5.41) is 13.4. The molecule has 2 aliphatic rings. The maximum atomic E-state index is 12.8. The quantitative estimate of drug-likeness (QED) is 0.925. The molecule has 2 atom stereocenters. The highest BCUT2D eigenvalue weighted by molar-refractivity contribution is 5.94. The molecule has 1 aliphatic carbocycles. The molecule has 1 aromatic heterocycles. The predicted molar refractivity (Wildman–Crippen MR) is 92.0 cm³/mol. The van der Waals surface area contributed by atoms with Crippen molar-refractivity contribution in [3.05, 3.63) is 35.7 Å². The van der Waals surface area contributed by atoms with E-state index in [1.54, 1.807) is 0 Å². The second-order valence-corrected chi connectivity index (χ2v) is 7.24. The SMILES string of the molecule is CC1CCC(CO)CN1C(=O)c1ccc(-c2nc(C3CC3)no2)cc1. The maximum Gasteiger partial charge on any atom is 0.257 e. The highest BCUT2D eigenvalue weighted by atomic mass is 16.5. The Balaban J connectivity index is 1.49. The van der Waals surface area contributed by atoms with Gasteiger partial charge >= 0.3 is 0 Å². The van der Waals surface area contributed by atoms with Crippen molar-refractivity contribution >= 4 is 5.91 Å². The minimum Gasteiger partial charge on any atom is -0.396 e. The van der Waals surface area contributed by atoms with E-state index in [0.29, 0.717) is 23.9 Å². The topological polar surface area (TPSA) is 79.5 Å². The van der Waals surface area contributed by atoms with E-state index < -0.39 is 0 Å². The second-order valence-electron chi connectivity index (χ2n) is 7.24. The molecule has 0 spiro atoms. The predicted octanol–water partition coefficient (Wildman–Crippen LogP) is 2.85. The average molecular weight is 341 g/mol. The van der Waals surface area contributed by atoms with Gasteiger partial charge in [-0.15, -0.1) is 0 Å². The first-order valence-electron chi connectivity index (χ1n) is 9.01.